The lowest BCUT2D eigenvalue weighted by atomic mass is 9.99. The number of ether oxygens (including phenoxy) is 4. The summed E-state index contributed by atoms with van der Waals surface area (Å²) in [6, 6.07) is 15.8. The number of carbonyl (C=O) groups excluding carboxylic acids is 2. The van der Waals surface area contributed by atoms with Crippen LogP contribution in [-0.4, -0.2) is 42.8 Å². The molecule has 1 heterocycles. The Morgan fingerprint density at radius 3 is 2.31 bits per heavy atom. The van der Waals surface area contributed by atoms with Crippen LogP contribution >= 0.6 is 23.5 Å². The fourth-order valence-electron chi connectivity index (χ4n) is 3.96. The van der Waals surface area contributed by atoms with E-state index in [0.717, 1.165) is 29.1 Å². The van der Waals surface area contributed by atoms with Crippen molar-refractivity contribution in [2.24, 2.45) is 0 Å². The first-order valence-electron chi connectivity index (χ1n) is 12.2. The zero-order chi connectivity index (χ0) is 26.2. The predicted molar refractivity (Wildman–Crippen MR) is 146 cm³/mol. The van der Waals surface area contributed by atoms with Crippen LogP contribution in [0.15, 0.2) is 48.5 Å². The van der Waals surface area contributed by atoms with Crippen molar-refractivity contribution in [3.8, 4) is 11.5 Å². The molecule has 1 fully saturated rings. The van der Waals surface area contributed by atoms with Crippen molar-refractivity contribution in [3.05, 3.63) is 59.7 Å². The standard InChI is InChI=1S/C28H36O6S2/c1-20(29)33-26(28(35-15-10-16-36-28)22-11-7-6-8-12-22)21-17-23(31-5)19-24(18-21)32-14-9-13-25(30)34-27(2,3)4/h6-8,11-12,17-19,26H,9-10,13-16H2,1-5H3. The molecular formula is C28H36O6S2. The molecule has 1 atom stereocenters. The van der Waals surface area contributed by atoms with E-state index in [9.17, 15) is 9.59 Å². The van der Waals surface area contributed by atoms with Gasteiger partial charge < -0.3 is 18.9 Å². The Bertz CT molecular complexity index is 1010. The molecule has 0 radical (unpaired) electrons. The van der Waals surface area contributed by atoms with Crippen molar-refractivity contribution in [2.75, 3.05) is 25.2 Å². The topological polar surface area (TPSA) is 71.1 Å². The SMILES string of the molecule is COc1cc(OCCCC(=O)OC(C)(C)C)cc(C(OC(C)=O)C2(c3ccccc3)SCCCS2)c1. The minimum atomic E-state index is -0.549. The fraction of sp³-hybridized carbons (Fsp3) is 0.500. The first-order chi connectivity index (χ1) is 17.1. The van der Waals surface area contributed by atoms with Crippen LogP contribution in [0.25, 0.3) is 0 Å². The average Bonchev–Trinajstić information content (AvgIpc) is 2.85. The Kier molecular flexibility index (Phi) is 10.0. The van der Waals surface area contributed by atoms with Gasteiger partial charge in [-0.25, -0.2) is 0 Å². The van der Waals surface area contributed by atoms with Gasteiger partial charge in [-0.1, -0.05) is 30.3 Å². The second-order valence-electron chi connectivity index (χ2n) is 9.55. The molecule has 36 heavy (non-hydrogen) atoms. The molecule has 6 nitrogen and oxygen atoms in total. The number of hydrogen-bond acceptors (Lipinski definition) is 8. The molecule has 0 bridgehead atoms. The monoisotopic (exact) mass is 532 g/mol. The smallest absolute Gasteiger partial charge is 0.306 e. The maximum absolute atomic E-state index is 12.3. The number of benzene rings is 2. The lowest BCUT2D eigenvalue weighted by molar-refractivity contribution is -0.155. The number of methoxy groups -OCH3 is 1. The van der Waals surface area contributed by atoms with Gasteiger partial charge in [-0.15, -0.1) is 23.5 Å². The second-order valence-corrected chi connectivity index (χ2v) is 12.5. The van der Waals surface area contributed by atoms with E-state index in [1.165, 1.54) is 6.92 Å². The lowest BCUT2D eigenvalue weighted by Gasteiger charge is -2.42. The summed E-state index contributed by atoms with van der Waals surface area (Å²) in [4.78, 5) is 24.3. The third kappa shape index (κ3) is 7.84. The summed E-state index contributed by atoms with van der Waals surface area (Å²) >= 11 is 3.62. The van der Waals surface area contributed by atoms with Gasteiger partial charge in [-0.2, -0.15) is 0 Å². The van der Waals surface area contributed by atoms with Gasteiger partial charge in [0, 0.05) is 25.0 Å². The van der Waals surface area contributed by atoms with Gasteiger partial charge in [0.05, 0.1) is 13.7 Å². The summed E-state index contributed by atoms with van der Waals surface area (Å²) in [6.07, 6.45) is 1.34. The van der Waals surface area contributed by atoms with Crippen LogP contribution < -0.4 is 9.47 Å². The Morgan fingerprint density at radius 2 is 1.69 bits per heavy atom. The highest BCUT2D eigenvalue weighted by Crippen LogP contribution is 2.59. The summed E-state index contributed by atoms with van der Waals surface area (Å²) < 4.78 is 22.5. The number of esters is 2. The predicted octanol–water partition coefficient (Wildman–Crippen LogP) is 6.52. The quantitative estimate of drug-likeness (QED) is 0.253. The van der Waals surface area contributed by atoms with Gasteiger partial charge in [-0.05, 0) is 62.8 Å². The molecule has 0 N–H and O–H groups in total. The van der Waals surface area contributed by atoms with Crippen LogP contribution in [0.5, 0.6) is 11.5 Å². The fourth-order valence-corrected chi connectivity index (χ4v) is 7.44. The summed E-state index contributed by atoms with van der Waals surface area (Å²) in [5.74, 6) is 2.56. The van der Waals surface area contributed by atoms with E-state index in [2.05, 4.69) is 12.1 Å². The summed E-state index contributed by atoms with van der Waals surface area (Å²) in [5, 5.41) is 0. The molecule has 8 heteroatoms. The molecule has 0 aromatic heterocycles. The highest BCUT2D eigenvalue weighted by Gasteiger charge is 2.46. The maximum atomic E-state index is 12.3. The lowest BCUT2D eigenvalue weighted by Crippen LogP contribution is -2.33. The van der Waals surface area contributed by atoms with Crippen molar-refractivity contribution < 1.29 is 28.5 Å². The minimum Gasteiger partial charge on any atom is -0.497 e. The Morgan fingerprint density at radius 1 is 1.03 bits per heavy atom. The summed E-state index contributed by atoms with van der Waals surface area (Å²) in [6.45, 7) is 7.34. The molecule has 1 unspecified atom stereocenters. The third-order valence-corrected chi connectivity index (χ3v) is 8.83. The number of thioether (sulfide) groups is 2. The molecule has 1 aliphatic heterocycles. The molecule has 1 saturated heterocycles. The van der Waals surface area contributed by atoms with Crippen LogP contribution in [0.2, 0.25) is 0 Å². The highest BCUT2D eigenvalue weighted by atomic mass is 32.2. The van der Waals surface area contributed by atoms with Crippen LogP contribution in [0.3, 0.4) is 0 Å². The minimum absolute atomic E-state index is 0.247. The van der Waals surface area contributed by atoms with Gasteiger partial charge in [0.25, 0.3) is 0 Å². The maximum Gasteiger partial charge on any atom is 0.306 e. The van der Waals surface area contributed by atoms with Crippen molar-refractivity contribution in [1.82, 2.24) is 0 Å². The molecule has 0 aliphatic carbocycles. The zero-order valence-electron chi connectivity index (χ0n) is 21.7. The van der Waals surface area contributed by atoms with Crippen molar-refractivity contribution in [2.45, 2.75) is 62.7 Å². The van der Waals surface area contributed by atoms with Crippen molar-refractivity contribution in [3.63, 3.8) is 0 Å². The van der Waals surface area contributed by atoms with Gasteiger partial charge in [0.1, 0.15) is 21.2 Å². The zero-order valence-corrected chi connectivity index (χ0v) is 23.3. The van der Waals surface area contributed by atoms with Crippen molar-refractivity contribution >= 4 is 35.5 Å². The third-order valence-electron chi connectivity index (χ3n) is 5.38. The molecule has 3 rings (SSSR count). The Hall–Kier alpha value is -2.32. The molecule has 0 saturated carbocycles. The Labute approximate surface area is 222 Å². The number of hydrogen-bond donors (Lipinski definition) is 0. The van der Waals surface area contributed by atoms with Crippen LogP contribution in [0, 0.1) is 0 Å². The molecule has 0 amide bonds. The molecule has 2 aromatic carbocycles. The van der Waals surface area contributed by atoms with E-state index in [1.54, 1.807) is 13.2 Å². The average molecular weight is 533 g/mol. The van der Waals surface area contributed by atoms with Crippen LogP contribution in [0.4, 0.5) is 0 Å². The van der Waals surface area contributed by atoms with Crippen molar-refractivity contribution in [1.29, 1.82) is 0 Å². The molecule has 0 spiro atoms. The number of carbonyl (C=O) groups is 2. The highest BCUT2D eigenvalue weighted by molar-refractivity contribution is 8.18. The van der Waals surface area contributed by atoms with Gasteiger partial charge in [0.15, 0.2) is 6.10 Å². The Balaban J connectivity index is 1.87. The molecule has 196 valence electrons. The first kappa shape index (κ1) is 28.3. The summed E-state index contributed by atoms with van der Waals surface area (Å²) in [5.41, 5.74) is 1.40. The number of rotatable bonds is 10. The van der Waals surface area contributed by atoms with Gasteiger partial charge >= 0.3 is 11.9 Å². The van der Waals surface area contributed by atoms with Crippen LogP contribution in [0.1, 0.15) is 64.2 Å². The largest absolute Gasteiger partial charge is 0.497 e. The van der Waals surface area contributed by atoms with E-state index >= 15 is 0 Å². The van der Waals surface area contributed by atoms with Gasteiger partial charge in [-0.3, -0.25) is 9.59 Å². The summed E-state index contributed by atoms with van der Waals surface area (Å²) in [7, 11) is 1.60. The first-order valence-corrected chi connectivity index (χ1v) is 14.1. The van der Waals surface area contributed by atoms with Crippen LogP contribution in [-0.2, 0) is 23.1 Å². The van der Waals surface area contributed by atoms with Gasteiger partial charge in [0.2, 0.25) is 0 Å². The normalized spacial score (nSPS) is 16.0. The van der Waals surface area contributed by atoms with E-state index in [1.807, 2.05) is 74.6 Å². The van der Waals surface area contributed by atoms with E-state index in [-0.39, 0.29) is 18.4 Å². The second kappa shape index (κ2) is 12.8. The van der Waals surface area contributed by atoms with E-state index in [4.69, 9.17) is 18.9 Å². The van der Waals surface area contributed by atoms with E-state index < -0.39 is 15.8 Å². The molecule has 2 aromatic rings. The molecular weight excluding hydrogens is 496 g/mol. The molecule has 1 aliphatic rings. The van der Waals surface area contributed by atoms with E-state index in [0.29, 0.717) is 24.5 Å².